The lowest BCUT2D eigenvalue weighted by Crippen LogP contribution is -1.98. The first-order valence-electron chi connectivity index (χ1n) is 5.53. The number of anilines is 1. The van der Waals surface area contributed by atoms with Gasteiger partial charge >= 0.3 is 5.97 Å². The molecule has 0 heterocycles. The number of nitrogens with two attached hydrogens (primary N) is 1. The van der Waals surface area contributed by atoms with Crippen molar-refractivity contribution in [1.82, 2.24) is 0 Å². The Balaban J connectivity index is 2.35. The number of carbonyl (C=O) groups is 1. The minimum atomic E-state index is -0.934. The van der Waals surface area contributed by atoms with Gasteiger partial charge in [0.05, 0.1) is 5.56 Å². The molecule has 3 heteroatoms. The van der Waals surface area contributed by atoms with Crippen LogP contribution in [0.1, 0.15) is 21.5 Å². The van der Waals surface area contributed by atoms with Crippen molar-refractivity contribution >= 4 is 23.8 Å². The van der Waals surface area contributed by atoms with E-state index in [0.717, 1.165) is 5.56 Å². The van der Waals surface area contributed by atoms with Gasteiger partial charge in [-0.05, 0) is 23.3 Å². The average Bonchev–Trinajstić information content (AvgIpc) is 2.38. The second-order valence-corrected chi connectivity index (χ2v) is 3.85. The van der Waals surface area contributed by atoms with Crippen molar-refractivity contribution in [3.05, 3.63) is 65.2 Å². The lowest BCUT2D eigenvalue weighted by Gasteiger charge is -2.01. The monoisotopic (exact) mass is 239 g/mol. The van der Waals surface area contributed by atoms with Crippen molar-refractivity contribution in [2.24, 2.45) is 0 Å². The molecule has 0 saturated heterocycles. The summed E-state index contributed by atoms with van der Waals surface area (Å²) >= 11 is 0. The highest BCUT2D eigenvalue weighted by Crippen LogP contribution is 2.16. The zero-order chi connectivity index (χ0) is 13.0. The fourth-order valence-electron chi connectivity index (χ4n) is 1.68. The first-order valence-corrected chi connectivity index (χ1v) is 5.53. The molecule has 2 aromatic rings. The third-order valence-electron chi connectivity index (χ3n) is 2.63. The van der Waals surface area contributed by atoms with E-state index in [9.17, 15) is 4.79 Å². The Morgan fingerprint density at radius 2 is 1.50 bits per heavy atom. The summed E-state index contributed by atoms with van der Waals surface area (Å²) in [6.45, 7) is 0. The largest absolute Gasteiger partial charge is 0.478 e. The molecule has 2 rings (SSSR count). The van der Waals surface area contributed by atoms with E-state index in [-0.39, 0.29) is 5.56 Å². The molecule has 3 nitrogen and oxygen atoms in total. The lowest BCUT2D eigenvalue weighted by molar-refractivity contribution is 0.0696. The summed E-state index contributed by atoms with van der Waals surface area (Å²) in [5.41, 5.74) is 8.30. The zero-order valence-electron chi connectivity index (χ0n) is 9.71. The Labute approximate surface area is 105 Å². The van der Waals surface area contributed by atoms with Gasteiger partial charge < -0.3 is 10.8 Å². The molecule has 0 aliphatic heterocycles. The van der Waals surface area contributed by atoms with E-state index in [2.05, 4.69) is 0 Å². The number of aromatic carboxylic acids is 1. The molecule has 0 atom stereocenters. The van der Waals surface area contributed by atoms with Crippen molar-refractivity contribution < 1.29 is 9.90 Å². The van der Waals surface area contributed by atoms with Gasteiger partial charge in [0.2, 0.25) is 0 Å². The van der Waals surface area contributed by atoms with Crippen LogP contribution in [-0.2, 0) is 0 Å². The van der Waals surface area contributed by atoms with Crippen LogP contribution >= 0.6 is 0 Å². The van der Waals surface area contributed by atoms with Crippen LogP contribution in [0.5, 0.6) is 0 Å². The highest BCUT2D eigenvalue weighted by atomic mass is 16.4. The molecule has 90 valence electrons. The molecule has 0 aliphatic rings. The lowest BCUT2D eigenvalue weighted by atomic mass is 10.1. The zero-order valence-corrected chi connectivity index (χ0v) is 9.71. The molecular formula is C15H13NO2. The van der Waals surface area contributed by atoms with E-state index in [1.165, 1.54) is 0 Å². The second-order valence-electron chi connectivity index (χ2n) is 3.85. The molecule has 3 N–H and O–H groups in total. The molecule has 0 spiro atoms. The van der Waals surface area contributed by atoms with E-state index in [1.807, 2.05) is 30.3 Å². The van der Waals surface area contributed by atoms with Crippen LogP contribution < -0.4 is 5.73 Å². The van der Waals surface area contributed by atoms with E-state index in [1.54, 1.807) is 30.3 Å². The van der Waals surface area contributed by atoms with E-state index in [4.69, 9.17) is 10.8 Å². The molecule has 2 aromatic carbocycles. The predicted molar refractivity (Wildman–Crippen MR) is 73.2 cm³/mol. The maximum atomic E-state index is 11.0. The summed E-state index contributed by atoms with van der Waals surface area (Å²) in [6.07, 6.45) is 3.58. The standard InChI is InChI=1S/C15H13NO2/c16-14-8-4-2-6-12(14)10-9-11-5-1-3-7-13(11)15(17)18/h1-10H,16H2,(H,17,18)/b10-9+. The maximum Gasteiger partial charge on any atom is 0.336 e. The number of nitrogen functional groups attached to an aromatic ring is 1. The quantitative estimate of drug-likeness (QED) is 0.639. The van der Waals surface area contributed by atoms with Crippen LogP contribution in [-0.4, -0.2) is 11.1 Å². The molecular weight excluding hydrogens is 226 g/mol. The van der Waals surface area contributed by atoms with Gasteiger partial charge in [0.15, 0.2) is 0 Å². The molecule has 0 amide bonds. The smallest absolute Gasteiger partial charge is 0.336 e. The van der Waals surface area contributed by atoms with Gasteiger partial charge in [0, 0.05) is 5.69 Å². The Bertz CT molecular complexity index is 603. The van der Waals surface area contributed by atoms with Gasteiger partial charge in [-0.2, -0.15) is 0 Å². The summed E-state index contributed by atoms with van der Waals surface area (Å²) in [5.74, 6) is -0.934. The Hall–Kier alpha value is -2.55. The van der Waals surface area contributed by atoms with Crippen molar-refractivity contribution in [3.8, 4) is 0 Å². The highest BCUT2D eigenvalue weighted by molar-refractivity contribution is 5.93. The normalized spacial score (nSPS) is 10.7. The minimum absolute atomic E-state index is 0.281. The van der Waals surface area contributed by atoms with Crippen molar-refractivity contribution in [2.75, 3.05) is 5.73 Å². The van der Waals surface area contributed by atoms with Gasteiger partial charge in [-0.1, -0.05) is 48.6 Å². The van der Waals surface area contributed by atoms with Crippen LogP contribution in [0.4, 0.5) is 5.69 Å². The molecule has 18 heavy (non-hydrogen) atoms. The van der Waals surface area contributed by atoms with Crippen LogP contribution in [0.3, 0.4) is 0 Å². The fourth-order valence-corrected chi connectivity index (χ4v) is 1.68. The molecule has 0 aromatic heterocycles. The summed E-state index contributed by atoms with van der Waals surface area (Å²) in [4.78, 5) is 11.0. The maximum absolute atomic E-state index is 11.0. The molecule has 0 aliphatic carbocycles. The Morgan fingerprint density at radius 1 is 0.944 bits per heavy atom. The fraction of sp³-hybridized carbons (Fsp3) is 0. The van der Waals surface area contributed by atoms with E-state index < -0.39 is 5.97 Å². The van der Waals surface area contributed by atoms with Crippen LogP contribution in [0.25, 0.3) is 12.2 Å². The number of carboxylic acid groups (broad SMARTS) is 1. The van der Waals surface area contributed by atoms with E-state index >= 15 is 0 Å². The SMILES string of the molecule is Nc1ccccc1/C=C/c1ccccc1C(=O)O. The van der Waals surface area contributed by atoms with Crippen LogP contribution in [0.15, 0.2) is 48.5 Å². The van der Waals surface area contributed by atoms with Crippen molar-refractivity contribution in [2.45, 2.75) is 0 Å². The average molecular weight is 239 g/mol. The first kappa shape index (κ1) is 11.9. The molecule has 0 saturated carbocycles. The van der Waals surface area contributed by atoms with Crippen LogP contribution in [0, 0.1) is 0 Å². The number of para-hydroxylation sites is 1. The van der Waals surface area contributed by atoms with E-state index in [0.29, 0.717) is 11.3 Å². The van der Waals surface area contributed by atoms with Gasteiger partial charge in [0.1, 0.15) is 0 Å². The molecule has 0 fully saturated rings. The highest BCUT2D eigenvalue weighted by Gasteiger charge is 2.05. The summed E-state index contributed by atoms with van der Waals surface area (Å²) in [6, 6.07) is 14.3. The minimum Gasteiger partial charge on any atom is -0.478 e. The number of carboxylic acids is 1. The summed E-state index contributed by atoms with van der Waals surface area (Å²) in [5, 5.41) is 9.06. The third-order valence-corrected chi connectivity index (χ3v) is 2.63. The number of benzene rings is 2. The number of hydrogen-bond acceptors (Lipinski definition) is 2. The Kier molecular flexibility index (Phi) is 3.44. The van der Waals surface area contributed by atoms with Gasteiger partial charge in [-0.3, -0.25) is 0 Å². The Morgan fingerprint density at radius 3 is 2.17 bits per heavy atom. The predicted octanol–water partition coefficient (Wildman–Crippen LogP) is 3.14. The summed E-state index contributed by atoms with van der Waals surface area (Å²) in [7, 11) is 0. The topological polar surface area (TPSA) is 63.3 Å². The second kappa shape index (κ2) is 5.19. The van der Waals surface area contributed by atoms with Gasteiger partial charge in [-0.15, -0.1) is 0 Å². The van der Waals surface area contributed by atoms with Crippen molar-refractivity contribution in [1.29, 1.82) is 0 Å². The molecule has 0 bridgehead atoms. The van der Waals surface area contributed by atoms with Gasteiger partial charge in [-0.25, -0.2) is 4.79 Å². The molecule has 0 unspecified atom stereocenters. The number of rotatable bonds is 3. The molecule has 0 radical (unpaired) electrons. The van der Waals surface area contributed by atoms with Crippen LogP contribution in [0.2, 0.25) is 0 Å². The number of hydrogen-bond donors (Lipinski definition) is 2. The first-order chi connectivity index (χ1) is 8.68. The summed E-state index contributed by atoms with van der Waals surface area (Å²) < 4.78 is 0. The van der Waals surface area contributed by atoms with Gasteiger partial charge in [0.25, 0.3) is 0 Å². The van der Waals surface area contributed by atoms with Crippen molar-refractivity contribution in [3.63, 3.8) is 0 Å². The third kappa shape index (κ3) is 2.58.